The van der Waals surface area contributed by atoms with Crippen molar-refractivity contribution in [1.29, 1.82) is 0 Å². The minimum Gasteiger partial charge on any atom is -0.867 e. The fourth-order valence-electron chi connectivity index (χ4n) is 3.15. The second-order valence-corrected chi connectivity index (χ2v) is 8.07. The van der Waals surface area contributed by atoms with Crippen LogP contribution in [0.4, 0.5) is 5.69 Å². The minimum atomic E-state index is -0.140. The summed E-state index contributed by atoms with van der Waals surface area (Å²) in [7, 11) is 0. The molecule has 3 aromatic rings. The fourth-order valence-corrected chi connectivity index (χ4v) is 3.63. The molecule has 0 spiro atoms. The van der Waals surface area contributed by atoms with Crippen molar-refractivity contribution >= 4 is 46.0 Å². The Kier molecular flexibility index (Phi) is 7.24. The first-order valence-corrected chi connectivity index (χ1v) is 10.8. The zero-order chi connectivity index (χ0) is 21.7. The lowest BCUT2D eigenvalue weighted by atomic mass is 9.97. The van der Waals surface area contributed by atoms with Crippen molar-refractivity contribution in [1.82, 2.24) is 0 Å². The van der Waals surface area contributed by atoms with E-state index in [1.54, 1.807) is 4.57 Å². The highest BCUT2D eigenvalue weighted by Gasteiger charge is 2.19. The zero-order valence-corrected chi connectivity index (χ0v) is 18.9. The molecule has 1 heterocycles. The summed E-state index contributed by atoms with van der Waals surface area (Å²) < 4.78 is 1.75. The number of anilines is 1. The highest BCUT2D eigenvalue weighted by molar-refractivity contribution is 7.81. The van der Waals surface area contributed by atoms with Gasteiger partial charge < -0.3 is 10.4 Å². The molecule has 1 unspecified atom stereocenters. The van der Waals surface area contributed by atoms with Gasteiger partial charge in [0, 0.05) is 22.8 Å². The maximum absolute atomic E-state index is 13.5. The average Bonchev–Trinajstić information content (AvgIpc) is 2.77. The van der Waals surface area contributed by atoms with Crippen LogP contribution in [0.2, 0.25) is 5.02 Å². The Balaban J connectivity index is 2.04. The summed E-state index contributed by atoms with van der Waals surface area (Å²) in [6.07, 6.45) is 4.69. The second kappa shape index (κ2) is 9.88. The Morgan fingerprint density at radius 1 is 1.07 bits per heavy atom. The van der Waals surface area contributed by atoms with Crippen LogP contribution in [0.1, 0.15) is 42.9 Å². The number of nitrogens with one attached hydrogen (secondary N) is 1. The molecular weight excluding hydrogens is 412 g/mol. The van der Waals surface area contributed by atoms with E-state index in [2.05, 4.69) is 19.2 Å². The van der Waals surface area contributed by atoms with Crippen LogP contribution in [0.5, 0.6) is 0 Å². The molecule has 1 N–H and O–H groups in total. The SMILES string of the molecule is CCC(C)c1ccc(C([O-])=C(C(=S)Nc2cccc(Cl)c2C)[n+]2ccccc2)cc1. The summed E-state index contributed by atoms with van der Waals surface area (Å²) in [5, 5.41) is 17.3. The lowest BCUT2D eigenvalue weighted by Gasteiger charge is -2.18. The Morgan fingerprint density at radius 3 is 2.37 bits per heavy atom. The lowest BCUT2D eigenvalue weighted by molar-refractivity contribution is -0.577. The Labute approximate surface area is 188 Å². The third kappa shape index (κ3) is 4.89. The van der Waals surface area contributed by atoms with E-state index in [0.717, 1.165) is 17.7 Å². The van der Waals surface area contributed by atoms with E-state index in [0.29, 0.717) is 27.2 Å². The maximum Gasteiger partial charge on any atom is 0.238 e. The standard InChI is InChI=1S/C25H25ClN2OS/c1-4-17(2)19-11-13-20(14-12-19)24(29)23(28-15-6-5-7-16-28)25(30)27-22-10-8-9-21(26)18(22)3/h5-17H,4H2,1-3H3,(H-,27,29,30). The van der Waals surface area contributed by atoms with Gasteiger partial charge in [0.2, 0.25) is 5.70 Å². The number of nitrogens with zero attached hydrogens (tertiary/aromatic N) is 1. The third-order valence-electron chi connectivity index (χ3n) is 5.27. The molecular formula is C25H25ClN2OS. The number of hydrogen-bond acceptors (Lipinski definition) is 2. The molecule has 0 aliphatic carbocycles. The predicted molar refractivity (Wildman–Crippen MR) is 127 cm³/mol. The van der Waals surface area contributed by atoms with Crippen molar-refractivity contribution in [3.63, 3.8) is 0 Å². The van der Waals surface area contributed by atoms with E-state index in [1.807, 2.05) is 80.0 Å². The number of hydrogen-bond donors (Lipinski definition) is 1. The molecule has 0 aliphatic rings. The quantitative estimate of drug-likeness (QED) is 0.237. The van der Waals surface area contributed by atoms with Gasteiger partial charge in [-0.15, -0.1) is 0 Å². The number of halogens is 1. The van der Waals surface area contributed by atoms with Crippen LogP contribution in [0.3, 0.4) is 0 Å². The lowest BCUT2D eigenvalue weighted by Crippen LogP contribution is -2.39. The van der Waals surface area contributed by atoms with Gasteiger partial charge in [-0.2, -0.15) is 4.57 Å². The van der Waals surface area contributed by atoms with Gasteiger partial charge in [0.05, 0.1) is 0 Å². The largest absolute Gasteiger partial charge is 0.867 e. The summed E-state index contributed by atoms with van der Waals surface area (Å²) in [4.78, 5) is 0.340. The molecule has 5 heteroatoms. The smallest absolute Gasteiger partial charge is 0.238 e. The van der Waals surface area contributed by atoms with E-state index >= 15 is 0 Å². The summed E-state index contributed by atoms with van der Waals surface area (Å²) in [6.45, 7) is 6.25. The van der Waals surface area contributed by atoms with Crippen molar-refractivity contribution in [3.8, 4) is 0 Å². The van der Waals surface area contributed by atoms with Crippen molar-refractivity contribution in [2.45, 2.75) is 33.1 Å². The molecule has 30 heavy (non-hydrogen) atoms. The van der Waals surface area contributed by atoms with Gasteiger partial charge in [0.15, 0.2) is 17.4 Å². The number of pyridine rings is 1. The number of benzene rings is 2. The maximum atomic E-state index is 13.5. The van der Waals surface area contributed by atoms with Crippen molar-refractivity contribution < 1.29 is 9.67 Å². The molecule has 0 saturated carbocycles. The normalized spacial score (nSPS) is 12.8. The van der Waals surface area contributed by atoms with Crippen LogP contribution >= 0.6 is 23.8 Å². The highest BCUT2D eigenvalue weighted by Crippen LogP contribution is 2.25. The Hall–Kier alpha value is -2.69. The van der Waals surface area contributed by atoms with Gasteiger partial charge >= 0.3 is 0 Å². The van der Waals surface area contributed by atoms with Gasteiger partial charge in [-0.1, -0.05) is 74.1 Å². The van der Waals surface area contributed by atoms with Gasteiger partial charge in [-0.3, -0.25) is 0 Å². The molecule has 0 fully saturated rings. The average molecular weight is 437 g/mol. The monoisotopic (exact) mass is 436 g/mol. The molecule has 2 aromatic carbocycles. The first-order valence-electron chi connectivity index (χ1n) is 9.97. The van der Waals surface area contributed by atoms with E-state index in [4.69, 9.17) is 23.8 Å². The molecule has 0 saturated heterocycles. The zero-order valence-electron chi connectivity index (χ0n) is 17.4. The summed E-state index contributed by atoms with van der Waals surface area (Å²) in [5.74, 6) is 0.314. The van der Waals surface area contributed by atoms with Crippen molar-refractivity contribution in [2.24, 2.45) is 0 Å². The first-order chi connectivity index (χ1) is 14.4. The Morgan fingerprint density at radius 2 is 1.73 bits per heavy atom. The summed E-state index contributed by atoms with van der Waals surface area (Å²) >= 11 is 11.9. The van der Waals surface area contributed by atoms with E-state index in [-0.39, 0.29) is 5.76 Å². The second-order valence-electron chi connectivity index (χ2n) is 7.26. The molecule has 0 aliphatic heterocycles. The van der Waals surface area contributed by atoms with Crippen LogP contribution < -0.4 is 15.0 Å². The van der Waals surface area contributed by atoms with E-state index in [9.17, 15) is 5.11 Å². The highest BCUT2D eigenvalue weighted by atomic mass is 35.5. The van der Waals surface area contributed by atoms with Gasteiger partial charge in [0.25, 0.3) is 0 Å². The minimum absolute atomic E-state index is 0.140. The van der Waals surface area contributed by atoms with Crippen molar-refractivity contribution in [2.75, 3.05) is 5.32 Å². The fraction of sp³-hybridized carbons (Fsp3) is 0.200. The van der Waals surface area contributed by atoms with Crippen LogP contribution in [-0.4, -0.2) is 4.99 Å². The predicted octanol–water partition coefficient (Wildman–Crippen LogP) is 5.58. The van der Waals surface area contributed by atoms with Crippen LogP contribution in [-0.2, 0) is 0 Å². The summed E-state index contributed by atoms with van der Waals surface area (Å²) in [6, 6.07) is 19.0. The van der Waals surface area contributed by atoms with Crippen molar-refractivity contribution in [3.05, 3.63) is 94.8 Å². The molecule has 1 atom stereocenters. The van der Waals surface area contributed by atoms with Gasteiger partial charge in [-0.25, -0.2) is 0 Å². The van der Waals surface area contributed by atoms with E-state index < -0.39 is 0 Å². The Bertz CT molecular complexity index is 1060. The summed E-state index contributed by atoms with van der Waals surface area (Å²) in [5.41, 5.74) is 3.87. The van der Waals surface area contributed by atoms with E-state index in [1.165, 1.54) is 5.56 Å². The number of aromatic nitrogens is 1. The molecule has 3 rings (SSSR count). The first kappa shape index (κ1) is 22.0. The molecule has 3 nitrogen and oxygen atoms in total. The van der Waals surface area contributed by atoms with Crippen LogP contribution in [0.15, 0.2) is 73.1 Å². The molecule has 154 valence electrons. The molecule has 0 amide bonds. The van der Waals surface area contributed by atoms with Crippen LogP contribution in [0.25, 0.3) is 11.5 Å². The molecule has 1 aromatic heterocycles. The van der Waals surface area contributed by atoms with Crippen LogP contribution in [0, 0.1) is 6.92 Å². The topological polar surface area (TPSA) is 39.0 Å². The molecule has 0 bridgehead atoms. The number of thiocarbonyl (C=S) groups is 1. The molecule has 0 radical (unpaired) electrons. The third-order valence-corrected chi connectivity index (χ3v) is 5.98. The van der Waals surface area contributed by atoms with Gasteiger partial charge in [0.1, 0.15) is 0 Å². The number of rotatable bonds is 6. The van der Waals surface area contributed by atoms with Gasteiger partial charge in [-0.05, 0) is 53.8 Å².